The molecular formula is C19H15BrCl2N4O3. The molecule has 1 N–H and O–H groups in total. The molecule has 2 heterocycles. The Balaban J connectivity index is 1.63. The van der Waals surface area contributed by atoms with E-state index in [1.54, 1.807) is 23.9 Å². The number of carbonyl (C=O) groups excluding carboxylic acids is 1. The third-order valence-electron chi connectivity index (χ3n) is 4.50. The average Bonchev–Trinajstić information content (AvgIpc) is 3.16. The molecule has 0 saturated carbocycles. The van der Waals surface area contributed by atoms with Crippen molar-refractivity contribution in [1.82, 2.24) is 14.8 Å². The maximum Gasteiger partial charge on any atom is 0.229 e. The Bertz CT molecular complexity index is 1090. The van der Waals surface area contributed by atoms with Gasteiger partial charge in [-0.3, -0.25) is 10.1 Å². The highest BCUT2D eigenvalue weighted by atomic mass is 79.9. The molecule has 0 bridgehead atoms. The molecule has 2 aromatic carbocycles. The fourth-order valence-corrected chi connectivity index (χ4v) is 4.02. The largest absolute Gasteiger partial charge is 0.493 e. The van der Waals surface area contributed by atoms with Gasteiger partial charge in [0, 0.05) is 0 Å². The van der Waals surface area contributed by atoms with Crippen molar-refractivity contribution < 1.29 is 14.3 Å². The van der Waals surface area contributed by atoms with Gasteiger partial charge in [0.15, 0.2) is 11.5 Å². The van der Waals surface area contributed by atoms with Crippen LogP contribution in [0.15, 0.2) is 41.1 Å². The number of ether oxygens (including phenoxy) is 2. The second-order valence-corrected chi connectivity index (χ2v) is 8.04. The Morgan fingerprint density at radius 2 is 2.10 bits per heavy atom. The summed E-state index contributed by atoms with van der Waals surface area (Å²) in [5, 5.41) is 7.89. The third kappa shape index (κ3) is 4.05. The van der Waals surface area contributed by atoms with Crippen molar-refractivity contribution in [3.05, 3.63) is 62.3 Å². The molecule has 7 nitrogen and oxygen atoms in total. The van der Waals surface area contributed by atoms with Crippen molar-refractivity contribution in [1.29, 1.82) is 0 Å². The van der Waals surface area contributed by atoms with Crippen molar-refractivity contribution >= 4 is 51.0 Å². The van der Waals surface area contributed by atoms with E-state index in [0.717, 1.165) is 11.1 Å². The van der Waals surface area contributed by atoms with E-state index in [1.807, 2.05) is 18.2 Å². The standard InChI is InChI=1S/C19H15BrCl2N4O3/c1-28-16-6-11(15-7-17(27)25-19-23-9-24-26(15)19)5-12(20)18(16)29-8-10-2-3-13(21)14(22)4-10/h2-6,9,15H,7-8H2,1H3,(H,23,24,25,27)/t15-/m0/s1. The SMILES string of the molecule is COc1cc([C@@H]2CC(=O)Nc3ncnn32)cc(Br)c1OCc1ccc(Cl)c(Cl)c1. The molecule has 1 amide bonds. The predicted molar refractivity (Wildman–Crippen MR) is 113 cm³/mol. The van der Waals surface area contributed by atoms with Crippen LogP contribution in [0.5, 0.6) is 11.5 Å². The van der Waals surface area contributed by atoms with Gasteiger partial charge in [-0.25, -0.2) is 4.68 Å². The lowest BCUT2D eigenvalue weighted by Crippen LogP contribution is -2.29. The smallest absolute Gasteiger partial charge is 0.229 e. The normalized spacial score (nSPS) is 15.6. The van der Waals surface area contributed by atoms with E-state index in [-0.39, 0.29) is 25.0 Å². The topological polar surface area (TPSA) is 78.3 Å². The number of carbonyl (C=O) groups is 1. The molecule has 0 aliphatic carbocycles. The molecule has 1 aromatic heterocycles. The number of methoxy groups -OCH3 is 1. The number of benzene rings is 2. The molecule has 1 aliphatic rings. The summed E-state index contributed by atoms with van der Waals surface area (Å²) in [7, 11) is 1.56. The highest BCUT2D eigenvalue weighted by Crippen LogP contribution is 2.41. The van der Waals surface area contributed by atoms with E-state index in [2.05, 4.69) is 31.3 Å². The zero-order valence-electron chi connectivity index (χ0n) is 15.2. The first-order chi connectivity index (χ1) is 14.0. The van der Waals surface area contributed by atoms with Crippen LogP contribution in [0, 0.1) is 0 Å². The number of fused-ring (bicyclic) bond motifs is 1. The summed E-state index contributed by atoms with van der Waals surface area (Å²) in [6.07, 6.45) is 1.66. The predicted octanol–water partition coefficient (Wildman–Crippen LogP) is 4.87. The second-order valence-electron chi connectivity index (χ2n) is 6.37. The minimum Gasteiger partial charge on any atom is -0.493 e. The Hall–Kier alpha value is -2.29. The van der Waals surface area contributed by atoms with Crippen LogP contribution in [-0.4, -0.2) is 27.8 Å². The molecule has 0 saturated heterocycles. The molecular weight excluding hydrogens is 483 g/mol. The Morgan fingerprint density at radius 3 is 2.86 bits per heavy atom. The summed E-state index contributed by atoms with van der Waals surface area (Å²) < 4.78 is 13.9. The van der Waals surface area contributed by atoms with E-state index in [4.69, 9.17) is 32.7 Å². The first-order valence-corrected chi connectivity index (χ1v) is 10.1. The van der Waals surface area contributed by atoms with Gasteiger partial charge in [-0.1, -0.05) is 29.3 Å². The molecule has 10 heteroatoms. The lowest BCUT2D eigenvalue weighted by atomic mass is 10.0. The van der Waals surface area contributed by atoms with Gasteiger partial charge in [0.2, 0.25) is 11.9 Å². The molecule has 1 atom stereocenters. The average molecular weight is 498 g/mol. The third-order valence-corrected chi connectivity index (χ3v) is 5.83. The van der Waals surface area contributed by atoms with Gasteiger partial charge >= 0.3 is 0 Å². The van der Waals surface area contributed by atoms with E-state index in [0.29, 0.717) is 32.0 Å². The highest BCUT2D eigenvalue weighted by molar-refractivity contribution is 9.10. The molecule has 1 aliphatic heterocycles. The number of halogens is 3. The van der Waals surface area contributed by atoms with Gasteiger partial charge < -0.3 is 9.47 Å². The first-order valence-electron chi connectivity index (χ1n) is 8.59. The Labute approximate surface area is 185 Å². The molecule has 29 heavy (non-hydrogen) atoms. The van der Waals surface area contributed by atoms with Crippen molar-refractivity contribution in [3.63, 3.8) is 0 Å². The number of aromatic nitrogens is 3. The molecule has 3 aromatic rings. The molecule has 4 rings (SSSR count). The number of hydrogen-bond donors (Lipinski definition) is 1. The minimum atomic E-state index is -0.296. The van der Waals surface area contributed by atoms with Gasteiger partial charge in [-0.05, 0) is 51.3 Å². The monoisotopic (exact) mass is 496 g/mol. The first kappa shape index (κ1) is 20.0. The second kappa shape index (κ2) is 8.22. The van der Waals surface area contributed by atoms with E-state index >= 15 is 0 Å². The summed E-state index contributed by atoms with van der Waals surface area (Å²) in [4.78, 5) is 16.1. The van der Waals surface area contributed by atoms with E-state index in [9.17, 15) is 4.79 Å². The molecule has 150 valence electrons. The number of amides is 1. The number of nitrogens with zero attached hydrogens (tertiary/aromatic N) is 3. The molecule has 0 unspecified atom stereocenters. The number of anilines is 1. The number of hydrogen-bond acceptors (Lipinski definition) is 5. The van der Waals surface area contributed by atoms with Crippen molar-refractivity contribution in [2.24, 2.45) is 0 Å². The summed E-state index contributed by atoms with van der Waals surface area (Å²) in [5.74, 6) is 1.37. The maximum atomic E-state index is 12.0. The van der Waals surface area contributed by atoms with Crippen LogP contribution in [0.1, 0.15) is 23.6 Å². The van der Waals surface area contributed by atoms with E-state index < -0.39 is 0 Å². The van der Waals surface area contributed by atoms with Gasteiger partial charge in [0.05, 0.1) is 34.1 Å². The summed E-state index contributed by atoms with van der Waals surface area (Å²) in [6, 6.07) is 8.75. The van der Waals surface area contributed by atoms with Crippen molar-refractivity contribution in [2.45, 2.75) is 19.1 Å². The fourth-order valence-electron chi connectivity index (χ4n) is 3.12. The van der Waals surface area contributed by atoms with Gasteiger partial charge in [0.1, 0.15) is 12.9 Å². The fraction of sp³-hybridized carbons (Fsp3) is 0.211. The molecule has 0 fully saturated rings. The van der Waals surface area contributed by atoms with Crippen LogP contribution in [0.2, 0.25) is 10.0 Å². The van der Waals surface area contributed by atoms with Crippen LogP contribution in [0.4, 0.5) is 5.95 Å². The molecule has 0 radical (unpaired) electrons. The lowest BCUT2D eigenvalue weighted by molar-refractivity contribution is -0.117. The minimum absolute atomic E-state index is 0.120. The van der Waals surface area contributed by atoms with Crippen molar-refractivity contribution in [2.75, 3.05) is 12.4 Å². The highest BCUT2D eigenvalue weighted by Gasteiger charge is 2.29. The summed E-state index contributed by atoms with van der Waals surface area (Å²) >= 11 is 15.6. The van der Waals surface area contributed by atoms with E-state index in [1.165, 1.54) is 6.33 Å². The van der Waals surface area contributed by atoms with Crippen LogP contribution in [0.25, 0.3) is 0 Å². The van der Waals surface area contributed by atoms with Gasteiger partial charge in [0.25, 0.3) is 0 Å². The van der Waals surface area contributed by atoms with Crippen LogP contribution < -0.4 is 14.8 Å². The zero-order valence-corrected chi connectivity index (χ0v) is 18.3. The Kier molecular flexibility index (Phi) is 5.67. The van der Waals surface area contributed by atoms with Gasteiger partial charge in [-0.2, -0.15) is 10.1 Å². The van der Waals surface area contributed by atoms with Crippen molar-refractivity contribution in [3.8, 4) is 11.5 Å². The van der Waals surface area contributed by atoms with Crippen LogP contribution >= 0.6 is 39.1 Å². The lowest BCUT2D eigenvalue weighted by Gasteiger charge is -2.25. The maximum absolute atomic E-state index is 12.0. The van der Waals surface area contributed by atoms with Gasteiger partial charge in [-0.15, -0.1) is 0 Å². The number of nitrogens with one attached hydrogen (secondary N) is 1. The quantitative estimate of drug-likeness (QED) is 0.544. The summed E-state index contributed by atoms with van der Waals surface area (Å²) in [5.41, 5.74) is 1.71. The zero-order chi connectivity index (χ0) is 20.5. The molecule has 0 spiro atoms. The van der Waals surface area contributed by atoms with Crippen LogP contribution in [-0.2, 0) is 11.4 Å². The summed E-state index contributed by atoms with van der Waals surface area (Å²) in [6.45, 7) is 0.282. The Morgan fingerprint density at radius 1 is 1.28 bits per heavy atom. The van der Waals surface area contributed by atoms with Crippen LogP contribution in [0.3, 0.4) is 0 Å². The number of rotatable bonds is 5.